The van der Waals surface area contributed by atoms with E-state index in [4.69, 9.17) is 16.3 Å². The van der Waals surface area contributed by atoms with Gasteiger partial charge in [-0.05, 0) is 36.2 Å². The molecule has 1 aromatic heterocycles. The van der Waals surface area contributed by atoms with Crippen molar-refractivity contribution in [2.45, 2.75) is 12.5 Å². The standard InChI is InChI=1S/C20H18ClN3O3/c21-14-6-4-13(5-7-14)10-18(16-11-22-12-23-16)24-8-9-27-19-15(20(25)26)2-1-3-17(19)24/h1-7,11-12,18H,8-10H2,(H,22,23)(H,25,26). The molecule has 0 aliphatic carbocycles. The molecule has 1 atom stereocenters. The maximum absolute atomic E-state index is 11.6. The molecule has 1 unspecified atom stereocenters. The Hall–Kier alpha value is -2.99. The van der Waals surface area contributed by atoms with Crippen molar-refractivity contribution < 1.29 is 14.6 Å². The van der Waals surface area contributed by atoms with Gasteiger partial charge in [-0.15, -0.1) is 0 Å². The fourth-order valence-corrected chi connectivity index (χ4v) is 3.57. The zero-order chi connectivity index (χ0) is 18.8. The van der Waals surface area contributed by atoms with Crippen LogP contribution in [0.25, 0.3) is 0 Å². The topological polar surface area (TPSA) is 78.5 Å². The minimum absolute atomic E-state index is 0.0413. The lowest BCUT2D eigenvalue weighted by molar-refractivity contribution is 0.0692. The van der Waals surface area contributed by atoms with E-state index in [-0.39, 0.29) is 11.6 Å². The summed E-state index contributed by atoms with van der Waals surface area (Å²) in [6.45, 7) is 1.07. The Morgan fingerprint density at radius 1 is 1.30 bits per heavy atom. The maximum Gasteiger partial charge on any atom is 0.339 e. The molecule has 0 radical (unpaired) electrons. The number of carboxylic acids is 1. The largest absolute Gasteiger partial charge is 0.489 e. The first kappa shape index (κ1) is 17.4. The minimum Gasteiger partial charge on any atom is -0.489 e. The van der Waals surface area contributed by atoms with Gasteiger partial charge in [0.25, 0.3) is 0 Å². The Kier molecular flexibility index (Phi) is 4.73. The van der Waals surface area contributed by atoms with Crippen molar-refractivity contribution in [1.82, 2.24) is 9.97 Å². The van der Waals surface area contributed by atoms with Crippen molar-refractivity contribution in [2.75, 3.05) is 18.1 Å². The van der Waals surface area contributed by atoms with Gasteiger partial charge in [0.1, 0.15) is 12.2 Å². The smallest absolute Gasteiger partial charge is 0.339 e. The number of carbonyl (C=O) groups is 1. The Morgan fingerprint density at radius 3 is 2.81 bits per heavy atom. The average molecular weight is 384 g/mol. The third kappa shape index (κ3) is 3.48. The predicted molar refractivity (Wildman–Crippen MR) is 103 cm³/mol. The number of imidazole rings is 1. The van der Waals surface area contributed by atoms with Crippen molar-refractivity contribution >= 4 is 23.3 Å². The lowest BCUT2D eigenvalue weighted by Crippen LogP contribution is -2.37. The van der Waals surface area contributed by atoms with Crippen LogP contribution in [-0.4, -0.2) is 34.2 Å². The molecular formula is C20H18ClN3O3. The molecule has 3 aromatic rings. The monoisotopic (exact) mass is 383 g/mol. The fraction of sp³-hybridized carbons (Fsp3) is 0.200. The van der Waals surface area contributed by atoms with E-state index in [1.807, 2.05) is 30.3 Å². The van der Waals surface area contributed by atoms with Crippen molar-refractivity contribution in [1.29, 1.82) is 0 Å². The molecule has 2 N–H and O–H groups in total. The van der Waals surface area contributed by atoms with Gasteiger partial charge in [0.05, 0.1) is 36.5 Å². The van der Waals surface area contributed by atoms with E-state index in [0.717, 1.165) is 23.4 Å². The summed E-state index contributed by atoms with van der Waals surface area (Å²) >= 11 is 6.01. The normalized spacial score (nSPS) is 14.3. The first-order valence-corrected chi connectivity index (χ1v) is 9.00. The summed E-state index contributed by atoms with van der Waals surface area (Å²) < 4.78 is 5.71. The molecule has 2 heterocycles. The molecule has 1 aliphatic rings. The van der Waals surface area contributed by atoms with Gasteiger partial charge in [0, 0.05) is 5.02 Å². The summed E-state index contributed by atoms with van der Waals surface area (Å²) in [5, 5.41) is 10.2. The van der Waals surface area contributed by atoms with Crippen LogP contribution in [0.3, 0.4) is 0 Å². The van der Waals surface area contributed by atoms with Crippen molar-refractivity contribution in [3.8, 4) is 5.75 Å². The maximum atomic E-state index is 11.6. The van der Waals surface area contributed by atoms with E-state index in [0.29, 0.717) is 23.9 Å². The van der Waals surface area contributed by atoms with Crippen LogP contribution in [0.15, 0.2) is 55.0 Å². The summed E-state index contributed by atoms with van der Waals surface area (Å²) in [5.41, 5.74) is 3.03. The van der Waals surface area contributed by atoms with Gasteiger partial charge in [0.2, 0.25) is 0 Å². The van der Waals surface area contributed by atoms with Crippen LogP contribution in [0.4, 0.5) is 5.69 Å². The van der Waals surface area contributed by atoms with Crippen LogP contribution < -0.4 is 9.64 Å². The Labute approximate surface area is 161 Å². The third-order valence-electron chi connectivity index (χ3n) is 4.71. The van der Waals surface area contributed by atoms with Crippen molar-refractivity contribution in [3.05, 3.63) is 76.8 Å². The molecule has 0 bridgehead atoms. The molecule has 0 amide bonds. The van der Waals surface area contributed by atoms with Gasteiger partial charge >= 0.3 is 5.97 Å². The van der Waals surface area contributed by atoms with Crippen LogP contribution in [0.2, 0.25) is 5.02 Å². The number of anilines is 1. The Morgan fingerprint density at radius 2 is 2.11 bits per heavy atom. The molecule has 2 aromatic carbocycles. The average Bonchev–Trinajstić information content (AvgIpc) is 3.21. The number of fused-ring (bicyclic) bond motifs is 1. The lowest BCUT2D eigenvalue weighted by atomic mass is 10.00. The number of para-hydroxylation sites is 1. The molecule has 0 fully saturated rings. The minimum atomic E-state index is -0.996. The van der Waals surface area contributed by atoms with Gasteiger partial charge in [0.15, 0.2) is 5.75 Å². The summed E-state index contributed by atoms with van der Waals surface area (Å²) in [6.07, 6.45) is 4.17. The molecule has 138 valence electrons. The fourth-order valence-electron chi connectivity index (χ4n) is 3.44. The van der Waals surface area contributed by atoms with E-state index in [9.17, 15) is 9.90 Å². The quantitative estimate of drug-likeness (QED) is 0.697. The highest BCUT2D eigenvalue weighted by Gasteiger charge is 2.30. The number of aromatic nitrogens is 2. The highest BCUT2D eigenvalue weighted by molar-refractivity contribution is 6.30. The Bertz CT molecular complexity index is 942. The predicted octanol–water partition coefficient (Wildman–Crippen LogP) is 3.94. The molecular weight excluding hydrogens is 366 g/mol. The highest BCUT2D eigenvalue weighted by Crippen LogP contribution is 2.40. The summed E-state index contributed by atoms with van der Waals surface area (Å²) in [4.78, 5) is 21.1. The number of benzene rings is 2. The van der Waals surface area contributed by atoms with Crippen LogP contribution in [0, 0.1) is 0 Å². The molecule has 0 spiro atoms. The van der Waals surface area contributed by atoms with Gasteiger partial charge in [-0.3, -0.25) is 0 Å². The molecule has 4 rings (SSSR count). The van der Waals surface area contributed by atoms with E-state index < -0.39 is 5.97 Å². The zero-order valence-electron chi connectivity index (χ0n) is 14.4. The van der Waals surface area contributed by atoms with Gasteiger partial charge in [-0.1, -0.05) is 29.8 Å². The lowest BCUT2D eigenvalue weighted by Gasteiger charge is -2.37. The number of halogens is 1. The van der Waals surface area contributed by atoms with Gasteiger partial charge < -0.3 is 19.7 Å². The van der Waals surface area contributed by atoms with Gasteiger partial charge in [-0.25, -0.2) is 9.78 Å². The Balaban J connectivity index is 1.75. The first-order valence-electron chi connectivity index (χ1n) is 8.62. The number of nitrogens with zero attached hydrogens (tertiary/aromatic N) is 2. The number of aromatic amines is 1. The second-order valence-electron chi connectivity index (χ2n) is 6.35. The molecule has 27 heavy (non-hydrogen) atoms. The van der Waals surface area contributed by atoms with Crippen LogP contribution >= 0.6 is 11.6 Å². The van der Waals surface area contributed by atoms with E-state index in [2.05, 4.69) is 14.9 Å². The summed E-state index contributed by atoms with van der Waals surface area (Å²) in [6, 6.07) is 12.9. The van der Waals surface area contributed by atoms with E-state index in [1.165, 1.54) is 0 Å². The number of hydrogen-bond acceptors (Lipinski definition) is 4. The molecule has 1 aliphatic heterocycles. The van der Waals surface area contributed by atoms with Crippen LogP contribution in [-0.2, 0) is 6.42 Å². The summed E-state index contributed by atoms with van der Waals surface area (Å²) in [7, 11) is 0. The number of rotatable bonds is 5. The number of ether oxygens (including phenoxy) is 1. The molecule has 7 heteroatoms. The van der Waals surface area contributed by atoms with Crippen LogP contribution in [0.5, 0.6) is 5.75 Å². The van der Waals surface area contributed by atoms with E-state index in [1.54, 1.807) is 24.7 Å². The number of carboxylic acid groups (broad SMARTS) is 1. The second-order valence-corrected chi connectivity index (χ2v) is 6.79. The van der Waals surface area contributed by atoms with Crippen molar-refractivity contribution in [3.63, 3.8) is 0 Å². The van der Waals surface area contributed by atoms with Crippen molar-refractivity contribution in [2.24, 2.45) is 0 Å². The number of H-pyrrole nitrogens is 1. The van der Waals surface area contributed by atoms with Crippen LogP contribution in [0.1, 0.15) is 27.7 Å². The summed E-state index contributed by atoms with van der Waals surface area (Å²) in [5.74, 6) is -0.582. The van der Waals surface area contributed by atoms with Gasteiger partial charge in [-0.2, -0.15) is 0 Å². The molecule has 0 saturated heterocycles. The van der Waals surface area contributed by atoms with E-state index >= 15 is 0 Å². The number of hydrogen-bond donors (Lipinski definition) is 2. The molecule has 0 saturated carbocycles. The zero-order valence-corrected chi connectivity index (χ0v) is 15.2. The second kappa shape index (κ2) is 7.32. The molecule has 6 nitrogen and oxygen atoms in total. The first-order chi connectivity index (χ1) is 13.1. The number of aromatic carboxylic acids is 1. The SMILES string of the molecule is O=C(O)c1cccc2c1OCCN2C(Cc1ccc(Cl)cc1)c1cnc[nH]1. The third-order valence-corrected chi connectivity index (χ3v) is 4.96. The number of nitrogens with one attached hydrogen (secondary N) is 1. The highest BCUT2D eigenvalue weighted by atomic mass is 35.5.